The van der Waals surface area contributed by atoms with E-state index in [1.165, 1.54) is 18.2 Å². The molecule has 0 saturated carbocycles. The van der Waals surface area contributed by atoms with Crippen LogP contribution in [0.3, 0.4) is 0 Å². The fraction of sp³-hybridized carbons (Fsp3) is 0.632. The monoisotopic (exact) mass is 800 g/mol. The van der Waals surface area contributed by atoms with Crippen molar-refractivity contribution >= 4 is 64.4 Å². The lowest BCUT2D eigenvalue weighted by Gasteiger charge is -2.19. The van der Waals surface area contributed by atoms with E-state index >= 15 is 0 Å². The number of halogens is 3. The van der Waals surface area contributed by atoms with Gasteiger partial charge in [0.05, 0.1) is 24.3 Å². The lowest BCUT2D eigenvalue weighted by atomic mass is 9.91. The third kappa shape index (κ3) is 16.9. The zero-order chi connectivity index (χ0) is 39.8. The Balaban J connectivity index is 0.000000303. The molecule has 2 aliphatic heterocycles. The van der Waals surface area contributed by atoms with Crippen molar-refractivity contribution in [2.75, 3.05) is 44.4 Å². The van der Waals surface area contributed by atoms with Gasteiger partial charge in [0.15, 0.2) is 0 Å². The van der Waals surface area contributed by atoms with Crippen molar-refractivity contribution in [3.63, 3.8) is 0 Å². The first-order valence-electron chi connectivity index (χ1n) is 18.0. The van der Waals surface area contributed by atoms with Crippen LogP contribution in [-0.4, -0.2) is 85.4 Å². The van der Waals surface area contributed by atoms with Crippen molar-refractivity contribution in [1.82, 2.24) is 15.3 Å². The quantitative estimate of drug-likeness (QED) is 0.120. The smallest absolute Gasteiger partial charge is 0.341 e. The number of amides is 2. The van der Waals surface area contributed by atoms with E-state index in [0.717, 1.165) is 38.6 Å². The topological polar surface area (TPSA) is 146 Å². The molecule has 0 aromatic carbocycles. The summed E-state index contributed by atoms with van der Waals surface area (Å²) in [5.74, 6) is -0.649. The van der Waals surface area contributed by atoms with Crippen LogP contribution in [0.1, 0.15) is 115 Å². The number of anilines is 1. The molecule has 12 nitrogen and oxygen atoms in total. The molecule has 4 rings (SSSR count). The van der Waals surface area contributed by atoms with Crippen molar-refractivity contribution in [3.8, 4) is 0 Å². The zero-order valence-corrected chi connectivity index (χ0v) is 34.5. The minimum absolute atomic E-state index is 0.0308. The molecule has 2 amide bonds. The number of hydrogen-bond donors (Lipinski definition) is 1. The van der Waals surface area contributed by atoms with Crippen LogP contribution in [0.2, 0.25) is 15.5 Å². The molecular weight excluding hydrogens is 747 g/mol. The lowest BCUT2D eigenvalue weighted by Crippen LogP contribution is -2.31. The van der Waals surface area contributed by atoms with E-state index < -0.39 is 18.0 Å². The molecule has 2 aromatic rings. The Morgan fingerprint density at radius 1 is 0.774 bits per heavy atom. The SMILES string of the molecule is CC(C)(C)CCCOC1CCNC1=O.CCOC(=O)c1ccc(Cl)nc1Cl.CCOC(=O)c1ccc(N2CCC(OCCCC(C)(C)C)C2=O)nc1Cl. The molecular formula is C38H55Cl3N4O8. The van der Waals surface area contributed by atoms with Crippen molar-refractivity contribution < 1.29 is 38.1 Å². The average molecular weight is 802 g/mol. The van der Waals surface area contributed by atoms with Crippen LogP contribution in [0.5, 0.6) is 0 Å². The van der Waals surface area contributed by atoms with E-state index in [1.807, 2.05) is 0 Å². The summed E-state index contributed by atoms with van der Waals surface area (Å²) in [5.41, 5.74) is 1.05. The van der Waals surface area contributed by atoms with E-state index in [9.17, 15) is 19.2 Å². The molecule has 4 heterocycles. The number of pyridine rings is 2. The summed E-state index contributed by atoms with van der Waals surface area (Å²) in [5, 5.41) is 3.10. The van der Waals surface area contributed by atoms with E-state index in [-0.39, 0.29) is 56.5 Å². The van der Waals surface area contributed by atoms with Gasteiger partial charge in [-0.2, -0.15) is 0 Å². The van der Waals surface area contributed by atoms with Gasteiger partial charge in [0.2, 0.25) is 5.91 Å². The highest BCUT2D eigenvalue weighted by Crippen LogP contribution is 2.26. The summed E-state index contributed by atoms with van der Waals surface area (Å²) in [6, 6.07) is 6.11. The third-order valence-corrected chi connectivity index (χ3v) is 8.64. The summed E-state index contributed by atoms with van der Waals surface area (Å²) in [7, 11) is 0. The van der Waals surface area contributed by atoms with Crippen LogP contribution in [0.25, 0.3) is 0 Å². The van der Waals surface area contributed by atoms with Crippen molar-refractivity contribution in [2.24, 2.45) is 10.8 Å². The van der Waals surface area contributed by atoms with Gasteiger partial charge < -0.3 is 24.3 Å². The van der Waals surface area contributed by atoms with Crippen LogP contribution in [-0.2, 0) is 28.5 Å². The normalized spacial score (nSPS) is 17.0. The molecule has 2 saturated heterocycles. The van der Waals surface area contributed by atoms with Gasteiger partial charge in [-0.05, 0) is 81.0 Å². The zero-order valence-electron chi connectivity index (χ0n) is 32.2. The second-order valence-electron chi connectivity index (χ2n) is 14.8. The van der Waals surface area contributed by atoms with Crippen LogP contribution in [0, 0.1) is 10.8 Å². The molecule has 15 heteroatoms. The van der Waals surface area contributed by atoms with Gasteiger partial charge in [0.25, 0.3) is 5.91 Å². The molecule has 0 aliphatic carbocycles. The Labute approximate surface area is 328 Å². The highest BCUT2D eigenvalue weighted by molar-refractivity contribution is 6.34. The predicted molar refractivity (Wildman–Crippen MR) is 207 cm³/mol. The van der Waals surface area contributed by atoms with Gasteiger partial charge >= 0.3 is 11.9 Å². The Bertz CT molecular complexity index is 1510. The summed E-state index contributed by atoms with van der Waals surface area (Å²) < 4.78 is 20.9. The molecule has 2 unspecified atom stereocenters. The number of nitrogens with one attached hydrogen (secondary N) is 1. The predicted octanol–water partition coefficient (Wildman–Crippen LogP) is 8.14. The highest BCUT2D eigenvalue weighted by atomic mass is 35.5. The number of nitrogens with zero attached hydrogens (tertiary/aromatic N) is 3. The first kappa shape index (κ1) is 46.1. The van der Waals surface area contributed by atoms with Crippen molar-refractivity contribution in [3.05, 3.63) is 50.9 Å². The Morgan fingerprint density at radius 2 is 1.28 bits per heavy atom. The largest absolute Gasteiger partial charge is 0.462 e. The maximum Gasteiger partial charge on any atom is 0.341 e. The first-order valence-corrected chi connectivity index (χ1v) is 19.1. The number of ether oxygens (including phenoxy) is 4. The fourth-order valence-electron chi connectivity index (χ4n) is 5.13. The molecule has 0 radical (unpaired) electrons. The average Bonchev–Trinajstić information content (AvgIpc) is 3.65. The highest BCUT2D eigenvalue weighted by Gasteiger charge is 2.34. The van der Waals surface area contributed by atoms with Crippen LogP contribution >= 0.6 is 34.8 Å². The minimum Gasteiger partial charge on any atom is -0.462 e. The summed E-state index contributed by atoms with van der Waals surface area (Å²) in [6.07, 6.45) is 4.96. The van der Waals surface area contributed by atoms with E-state index in [1.54, 1.807) is 24.8 Å². The number of carbonyl (C=O) groups excluding carboxylic acids is 4. The fourth-order valence-corrected chi connectivity index (χ4v) is 5.78. The van der Waals surface area contributed by atoms with E-state index in [2.05, 4.69) is 56.8 Å². The standard InChI is InChI=1S/C19H27ClN2O4.C11H21NO2.C8H7Cl2NO2/c1-5-25-18(24)13-7-8-15(21-16(13)20)22-11-9-14(17(22)23)26-12-6-10-19(2,3)4;1-11(2,3)6-4-8-14-9-5-7-12-10(9)13;1-2-13-8(12)5-3-4-6(9)11-7(5)10/h7-8,14H,5-6,9-12H2,1-4H3;9H,4-8H2,1-3H3,(H,12,13);3-4H,2H2,1H3. The van der Waals surface area contributed by atoms with Crippen molar-refractivity contribution in [1.29, 1.82) is 0 Å². The number of aromatic nitrogens is 2. The first-order chi connectivity index (χ1) is 24.9. The second kappa shape index (κ2) is 22.4. The Morgan fingerprint density at radius 3 is 1.74 bits per heavy atom. The molecule has 2 fully saturated rings. The molecule has 53 heavy (non-hydrogen) atoms. The van der Waals surface area contributed by atoms with Crippen LogP contribution < -0.4 is 10.2 Å². The van der Waals surface area contributed by atoms with Gasteiger partial charge in [0.1, 0.15) is 33.5 Å². The molecule has 2 atom stereocenters. The molecule has 2 aliphatic rings. The third-order valence-electron chi connectivity index (χ3n) is 7.85. The molecule has 0 spiro atoms. The maximum absolute atomic E-state index is 12.6. The van der Waals surface area contributed by atoms with Gasteiger partial charge in [-0.15, -0.1) is 0 Å². The molecule has 0 bridgehead atoms. The summed E-state index contributed by atoms with van der Waals surface area (Å²) in [4.78, 5) is 56.1. The Kier molecular flexibility index (Phi) is 19.5. The van der Waals surface area contributed by atoms with Gasteiger partial charge in [-0.1, -0.05) is 76.3 Å². The van der Waals surface area contributed by atoms with Gasteiger partial charge in [0, 0.05) is 32.7 Å². The Hall–Kier alpha value is -3.03. The molecule has 1 N–H and O–H groups in total. The second-order valence-corrected chi connectivity index (χ2v) is 15.9. The summed E-state index contributed by atoms with van der Waals surface area (Å²) >= 11 is 17.3. The van der Waals surface area contributed by atoms with Gasteiger partial charge in [-0.25, -0.2) is 19.6 Å². The maximum atomic E-state index is 12.6. The van der Waals surface area contributed by atoms with Gasteiger partial charge in [-0.3, -0.25) is 14.5 Å². The van der Waals surface area contributed by atoms with Crippen LogP contribution in [0.4, 0.5) is 5.82 Å². The summed E-state index contributed by atoms with van der Waals surface area (Å²) in [6.45, 7) is 19.8. The van der Waals surface area contributed by atoms with E-state index in [4.69, 9.17) is 53.8 Å². The molecule has 2 aromatic heterocycles. The number of carbonyl (C=O) groups is 4. The number of esters is 2. The van der Waals surface area contributed by atoms with Crippen LogP contribution in [0.15, 0.2) is 24.3 Å². The minimum atomic E-state index is -0.524. The van der Waals surface area contributed by atoms with Crippen molar-refractivity contribution in [2.45, 2.75) is 106 Å². The lowest BCUT2D eigenvalue weighted by molar-refractivity contribution is -0.129. The number of hydrogen-bond acceptors (Lipinski definition) is 10. The van der Waals surface area contributed by atoms with E-state index in [0.29, 0.717) is 44.0 Å². The number of rotatable bonds is 13. The molecule has 296 valence electrons.